The van der Waals surface area contributed by atoms with Gasteiger partial charge in [-0.1, -0.05) is 36.4 Å². The lowest BCUT2D eigenvalue weighted by Crippen LogP contribution is -2.26. The summed E-state index contributed by atoms with van der Waals surface area (Å²) in [6.45, 7) is 1.93. The van der Waals surface area contributed by atoms with Crippen molar-refractivity contribution in [2.24, 2.45) is 0 Å². The minimum atomic E-state index is -0.946. The highest BCUT2D eigenvalue weighted by Crippen LogP contribution is 2.33. The van der Waals surface area contributed by atoms with Crippen molar-refractivity contribution in [3.05, 3.63) is 83.4 Å². The van der Waals surface area contributed by atoms with Gasteiger partial charge < -0.3 is 19.5 Å². The number of hydrogen-bond donors (Lipinski definition) is 1. The van der Waals surface area contributed by atoms with Crippen molar-refractivity contribution in [3.8, 4) is 23.3 Å². The van der Waals surface area contributed by atoms with Crippen LogP contribution in [0.5, 0.6) is 17.2 Å². The molecule has 0 fully saturated rings. The Balaban J connectivity index is 1.96. The summed E-state index contributed by atoms with van der Waals surface area (Å²) in [6, 6.07) is 21.6. The van der Waals surface area contributed by atoms with Crippen LogP contribution in [0.1, 0.15) is 22.8 Å². The Bertz CT molecular complexity index is 1070. The summed E-state index contributed by atoms with van der Waals surface area (Å²) in [5.74, 6) is 0.917. The number of nitrogens with one attached hydrogen (secondary N) is 1. The molecule has 0 heterocycles. The van der Waals surface area contributed by atoms with Crippen molar-refractivity contribution >= 4 is 11.6 Å². The number of carbonyl (C=O) groups excluding carboxylic acids is 1. The Morgan fingerprint density at radius 1 is 0.933 bits per heavy atom. The average Bonchev–Trinajstić information content (AvgIpc) is 2.78. The number of methoxy groups -OCH3 is 2. The molecular formula is C24H22N2O4. The molecule has 0 aromatic heterocycles. The monoisotopic (exact) mass is 402 g/mol. The van der Waals surface area contributed by atoms with Crippen molar-refractivity contribution in [1.82, 2.24) is 0 Å². The predicted molar refractivity (Wildman–Crippen MR) is 114 cm³/mol. The second kappa shape index (κ2) is 9.48. The van der Waals surface area contributed by atoms with Crippen LogP contribution in [0.4, 0.5) is 5.69 Å². The molecule has 0 radical (unpaired) electrons. The van der Waals surface area contributed by atoms with Crippen molar-refractivity contribution in [2.75, 3.05) is 19.5 Å². The maximum atomic E-state index is 13.2. The van der Waals surface area contributed by atoms with Gasteiger partial charge in [-0.25, -0.2) is 0 Å². The van der Waals surface area contributed by atoms with E-state index in [0.29, 0.717) is 34.1 Å². The fraction of sp³-hybridized carbons (Fsp3) is 0.167. The third kappa shape index (κ3) is 4.70. The molecule has 6 nitrogen and oxygen atoms in total. The van der Waals surface area contributed by atoms with E-state index < -0.39 is 6.10 Å². The fourth-order valence-corrected chi connectivity index (χ4v) is 2.98. The second-order valence-electron chi connectivity index (χ2n) is 6.58. The van der Waals surface area contributed by atoms with Crippen LogP contribution < -0.4 is 19.5 Å². The molecule has 0 saturated carbocycles. The summed E-state index contributed by atoms with van der Waals surface area (Å²) in [7, 11) is 3.03. The first kappa shape index (κ1) is 20.7. The van der Waals surface area contributed by atoms with Crippen molar-refractivity contribution in [3.63, 3.8) is 0 Å². The normalized spacial score (nSPS) is 11.1. The van der Waals surface area contributed by atoms with Gasteiger partial charge in [-0.2, -0.15) is 5.26 Å². The number of nitrogens with zero attached hydrogens (tertiary/aromatic N) is 1. The number of anilines is 1. The predicted octanol–water partition coefficient (Wildman–Crippen LogP) is 4.64. The van der Waals surface area contributed by atoms with Gasteiger partial charge in [0.05, 0.1) is 31.5 Å². The zero-order chi connectivity index (χ0) is 21.5. The summed E-state index contributed by atoms with van der Waals surface area (Å²) >= 11 is 0. The quantitative estimate of drug-likeness (QED) is 0.623. The lowest BCUT2D eigenvalue weighted by atomic mass is 10.1. The zero-order valence-electron chi connectivity index (χ0n) is 17.0. The van der Waals surface area contributed by atoms with E-state index in [-0.39, 0.29) is 5.91 Å². The summed E-state index contributed by atoms with van der Waals surface area (Å²) < 4.78 is 16.8. The van der Waals surface area contributed by atoms with Gasteiger partial charge >= 0.3 is 0 Å². The molecular weight excluding hydrogens is 380 g/mol. The number of amides is 1. The second-order valence-corrected chi connectivity index (χ2v) is 6.58. The maximum absolute atomic E-state index is 13.2. The van der Waals surface area contributed by atoms with E-state index >= 15 is 0 Å². The highest BCUT2D eigenvalue weighted by Gasteiger charge is 2.25. The summed E-state index contributed by atoms with van der Waals surface area (Å²) in [4.78, 5) is 13.2. The van der Waals surface area contributed by atoms with Gasteiger partial charge in [0.2, 0.25) is 6.10 Å². The number of hydrogen-bond acceptors (Lipinski definition) is 5. The molecule has 6 heteroatoms. The van der Waals surface area contributed by atoms with Crippen LogP contribution in [0.2, 0.25) is 0 Å². The van der Waals surface area contributed by atoms with Gasteiger partial charge in [0.15, 0.2) is 11.5 Å². The lowest BCUT2D eigenvalue weighted by Gasteiger charge is -2.21. The standard InChI is InChI=1S/C24H22N2O4/c1-16-9-11-20(28-2)19(13-16)26-24(27)23(18-7-5-4-6-8-18)30-21-12-10-17(15-25)14-22(21)29-3/h4-14,23H,1-3H3,(H,26,27)/t23-/m1/s1. The van der Waals surface area contributed by atoms with Gasteiger partial charge in [-0.15, -0.1) is 0 Å². The van der Waals surface area contributed by atoms with Crippen LogP contribution in [0, 0.1) is 18.3 Å². The van der Waals surface area contributed by atoms with Gasteiger partial charge in [-0.05, 0) is 36.8 Å². The van der Waals surface area contributed by atoms with Gasteiger partial charge in [0, 0.05) is 11.6 Å². The highest BCUT2D eigenvalue weighted by molar-refractivity contribution is 5.96. The van der Waals surface area contributed by atoms with E-state index in [1.807, 2.05) is 49.4 Å². The Labute approximate surface area is 175 Å². The van der Waals surface area contributed by atoms with Gasteiger partial charge in [-0.3, -0.25) is 4.79 Å². The molecule has 0 unspecified atom stereocenters. The van der Waals surface area contributed by atoms with E-state index in [9.17, 15) is 4.79 Å². The molecule has 152 valence electrons. The van der Waals surface area contributed by atoms with Crippen molar-refractivity contribution < 1.29 is 19.0 Å². The molecule has 1 atom stereocenters. The third-order valence-electron chi connectivity index (χ3n) is 4.49. The number of aryl methyl sites for hydroxylation is 1. The molecule has 0 aliphatic rings. The van der Waals surface area contributed by atoms with Crippen molar-refractivity contribution in [1.29, 1.82) is 5.26 Å². The van der Waals surface area contributed by atoms with E-state index in [1.165, 1.54) is 7.11 Å². The molecule has 3 rings (SSSR count). The smallest absolute Gasteiger partial charge is 0.270 e. The highest BCUT2D eigenvalue weighted by atomic mass is 16.5. The van der Waals surface area contributed by atoms with Crippen molar-refractivity contribution in [2.45, 2.75) is 13.0 Å². The van der Waals surface area contributed by atoms with Crippen LogP contribution >= 0.6 is 0 Å². The Hall–Kier alpha value is -3.98. The third-order valence-corrected chi connectivity index (χ3v) is 4.49. The molecule has 0 aliphatic heterocycles. The van der Waals surface area contributed by atoms with E-state index in [4.69, 9.17) is 19.5 Å². The largest absolute Gasteiger partial charge is 0.495 e. The molecule has 0 saturated heterocycles. The minimum Gasteiger partial charge on any atom is -0.495 e. The van der Waals surface area contributed by atoms with E-state index in [2.05, 4.69) is 11.4 Å². The first-order chi connectivity index (χ1) is 14.5. The summed E-state index contributed by atoms with van der Waals surface area (Å²) in [6.07, 6.45) is -0.946. The first-order valence-corrected chi connectivity index (χ1v) is 9.31. The van der Waals surface area contributed by atoms with Crippen LogP contribution in [0.25, 0.3) is 0 Å². The maximum Gasteiger partial charge on any atom is 0.270 e. The molecule has 1 amide bonds. The number of ether oxygens (including phenoxy) is 3. The Morgan fingerprint density at radius 2 is 1.63 bits per heavy atom. The Kier molecular flexibility index (Phi) is 6.56. The molecule has 3 aromatic rings. The van der Waals surface area contributed by atoms with Crippen LogP contribution in [-0.2, 0) is 4.79 Å². The van der Waals surface area contributed by atoms with Crippen LogP contribution in [0.15, 0.2) is 66.7 Å². The van der Waals surface area contributed by atoms with E-state index in [0.717, 1.165) is 5.56 Å². The first-order valence-electron chi connectivity index (χ1n) is 9.31. The molecule has 30 heavy (non-hydrogen) atoms. The Morgan fingerprint density at radius 3 is 2.30 bits per heavy atom. The molecule has 0 aliphatic carbocycles. The summed E-state index contributed by atoms with van der Waals surface area (Å²) in [5.41, 5.74) is 2.65. The van der Waals surface area contributed by atoms with Crippen LogP contribution in [0.3, 0.4) is 0 Å². The average molecular weight is 402 g/mol. The van der Waals surface area contributed by atoms with Gasteiger partial charge in [0.25, 0.3) is 5.91 Å². The summed E-state index contributed by atoms with van der Waals surface area (Å²) in [5, 5.41) is 12.0. The fourth-order valence-electron chi connectivity index (χ4n) is 2.98. The number of benzene rings is 3. The SMILES string of the molecule is COc1ccc(C)cc1NC(=O)[C@H](Oc1ccc(C#N)cc1OC)c1ccccc1. The number of rotatable bonds is 7. The number of nitriles is 1. The van der Waals surface area contributed by atoms with Gasteiger partial charge in [0.1, 0.15) is 5.75 Å². The number of carbonyl (C=O) groups is 1. The van der Waals surface area contributed by atoms with E-state index in [1.54, 1.807) is 31.4 Å². The molecule has 1 N–H and O–H groups in total. The minimum absolute atomic E-state index is 0.358. The molecule has 0 bridgehead atoms. The van der Waals surface area contributed by atoms with Crippen LogP contribution in [-0.4, -0.2) is 20.1 Å². The topological polar surface area (TPSA) is 80.6 Å². The zero-order valence-corrected chi connectivity index (χ0v) is 17.0. The molecule has 3 aromatic carbocycles. The lowest BCUT2D eigenvalue weighted by molar-refractivity contribution is -0.123. The molecule has 0 spiro atoms.